The summed E-state index contributed by atoms with van der Waals surface area (Å²) in [5.41, 5.74) is 0. The van der Waals surface area contributed by atoms with Gasteiger partial charge in [0.25, 0.3) is 0 Å². The van der Waals surface area contributed by atoms with E-state index in [0.29, 0.717) is 23.5 Å². The highest BCUT2D eigenvalue weighted by molar-refractivity contribution is 5.87. The standard InChI is InChI=1S/C10H16O/c1-6(2)9-7-3-4-8(5-7)10(9)11/h6-9H,3-5H2,1-2H3/t7-,8+,9?/m0/s1. The number of Topliss-reactive ketones (excluding diaryl/α,β-unsaturated/α-hetero) is 1. The lowest BCUT2D eigenvalue weighted by Gasteiger charge is -2.23. The molecule has 1 nitrogen and oxygen atoms in total. The van der Waals surface area contributed by atoms with E-state index in [-0.39, 0.29) is 0 Å². The second kappa shape index (κ2) is 2.33. The van der Waals surface area contributed by atoms with E-state index in [2.05, 4.69) is 13.8 Å². The summed E-state index contributed by atoms with van der Waals surface area (Å²) in [4.78, 5) is 11.6. The predicted octanol–water partition coefficient (Wildman–Crippen LogP) is 2.26. The fourth-order valence-electron chi connectivity index (χ4n) is 2.98. The van der Waals surface area contributed by atoms with Gasteiger partial charge >= 0.3 is 0 Å². The molecule has 0 aromatic rings. The van der Waals surface area contributed by atoms with Crippen LogP contribution in [0.4, 0.5) is 0 Å². The second-order valence-electron chi connectivity index (χ2n) is 4.44. The third-order valence-electron chi connectivity index (χ3n) is 3.43. The maximum Gasteiger partial charge on any atom is 0.139 e. The van der Waals surface area contributed by atoms with Crippen LogP contribution < -0.4 is 0 Å². The summed E-state index contributed by atoms with van der Waals surface area (Å²) in [7, 11) is 0. The predicted molar refractivity (Wildman–Crippen MR) is 44.2 cm³/mol. The summed E-state index contributed by atoms with van der Waals surface area (Å²) in [5, 5.41) is 0. The van der Waals surface area contributed by atoms with Crippen molar-refractivity contribution in [2.75, 3.05) is 0 Å². The highest BCUT2D eigenvalue weighted by atomic mass is 16.1. The molecule has 0 heterocycles. The van der Waals surface area contributed by atoms with Crippen molar-refractivity contribution in [2.24, 2.45) is 23.7 Å². The van der Waals surface area contributed by atoms with E-state index in [1.165, 1.54) is 19.3 Å². The van der Waals surface area contributed by atoms with Crippen molar-refractivity contribution in [1.29, 1.82) is 0 Å². The van der Waals surface area contributed by atoms with Crippen LogP contribution in [0.3, 0.4) is 0 Å². The summed E-state index contributed by atoms with van der Waals surface area (Å²) < 4.78 is 0. The number of fused-ring (bicyclic) bond motifs is 2. The van der Waals surface area contributed by atoms with Gasteiger partial charge in [-0.3, -0.25) is 4.79 Å². The second-order valence-corrected chi connectivity index (χ2v) is 4.44. The Morgan fingerprint density at radius 3 is 2.45 bits per heavy atom. The van der Waals surface area contributed by atoms with Gasteiger partial charge in [0.15, 0.2) is 0 Å². The molecule has 3 atom stereocenters. The topological polar surface area (TPSA) is 17.1 Å². The third kappa shape index (κ3) is 0.935. The molecule has 0 aromatic heterocycles. The number of hydrogen-bond donors (Lipinski definition) is 0. The molecule has 2 aliphatic carbocycles. The Hall–Kier alpha value is -0.330. The Morgan fingerprint density at radius 2 is 2.09 bits per heavy atom. The van der Waals surface area contributed by atoms with Gasteiger partial charge in [0.2, 0.25) is 0 Å². The molecular weight excluding hydrogens is 136 g/mol. The van der Waals surface area contributed by atoms with Gasteiger partial charge in [-0.05, 0) is 31.1 Å². The summed E-state index contributed by atoms with van der Waals surface area (Å²) in [6.45, 7) is 4.37. The SMILES string of the molecule is CC(C)C1C(=O)[C@@H]2CC[C@H]1C2. The van der Waals surface area contributed by atoms with Gasteiger partial charge in [-0.2, -0.15) is 0 Å². The van der Waals surface area contributed by atoms with Crippen LogP contribution in [-0.4, -0.2) is 5.78 Å². The van der Waals surface area contributed by atoms with Gasteiger partial charge < -0.3 is 0 Å². The van der Waals surface area contributed by atoms with E-state index in [0.717, 1.165) is 5.92 Å². The molecule has 0 aromatic carbocycles. The van der Waals surface area contributed by atoms with Crippen LogP contribution in [0.2, 0.25) is 0 Å². The van der Waals surface area contributed by atoms with Crippen LogP contribution >= 0.6 is 0 Å². The molecule has 0 saturated heterocycles. The lowest BCUT2D eigenvalue weighted by molar-refractivity contribution is -0.127. The van der Waals surface area contributed by atoms with E-state index in [9.17, 15) is 4.79 Å². The van der Waals surface area contributed by atoms with Crippen molar-refractivity contribution in [1.82, 2.24) is 0 Å². The molecule has 2 fully saturated rings. The lowest BCUT2D eigenvalue weighted by Crippen LogP contribution is -2.26. The number of rotatable bonds is 1. The molecule has 0 N–H and O–H groups in total. The monoisotopic (exact) mass is 152 g/mol. The van der Waals surface area contributed by atoms with Crippen molar-refractivity contribution < 1.29 is 4.79 Å². The summed E-state index contributed by atoms with van der Waals surface area (Å²) in [5.74, 6) is 2.81. The molecule has 2 saturated carbocycles. The summed E-state index contributed by atoms with van der Waals surface area (Å²) >= 11 is 0. The molecule has 0 amide bonds. The van der Waals surface area contributed by atoms with E-state index in [4.69, 9.17) is 0 Å². The minimum atomic E-state index is 0.425. The minimum Gasteiger partial charge on any atom is -0.299 e. The number of carbonyl (C=O) groups excluding carboxylic acids is 1. The summed E-state index contributed by atoms with van der Waals surface area (Å²) in [6.07, 6.45) is 3.72. The van der Waals surface area contributed by atoms with Gasteiger partial charge in [0, 0.05) is 11.8 Å². The van der Waals surface area contributed by atoms with Crippen LogP contribution in [-0.2, 0) is 4.79 Å². The highest BCUT2D eigenvalue weighted by Gasteiger charge is 2.47. The van der Waals surface area contributed by atoms with Gasteiger partial charge in [-0.1, -0.05) is 13.8 Å². The lowest BCUT2D eigenvalue weighted by atomic mass is 9.80. The molecule has 2 aliphatic rings. The zero-order valence-corrected chi connectivity index (χ0v) is 7.34. The van der Waals surface area contributed by atoms with Gasteiger partial charge in [-0.15, -0.1) is 0 Å². The molecule has 62 valence electrons. The van der Waals surface area contributed by atoms with E-state index < -0.39 is 0 Å². The van der Waals surface area contributed by atoms with Crippen molar-refractivity contribution in [3.05, 3.63) is 0 Å². The molecule has 0 radical (unpaired) electrons. The molecule has 0 aliphatic heterocycles. The molecule has 2 bridgehead atoms. The average molecular weight is 152 g/mol. The molecule has 11 heavy (non-hydrogen) atoms. The maximum atomic E-state index is 11.6. The molecular formula is C10H16O. The van der Waals surface area contributed by atoms with E-state index in [1.807, 2.05) is 0 Å². The van der Waals surface area contributed by atoms with E-state index in [1.54, 1.807) is 0 Å². The smallest absolute Gasteiger partial charge is 0.139 e. The van der Waals surface area contributed by atoms with Crippen molar-refractivity contribution in [3.63, 3.8) is 0 Å². The van der Waals surface area contributed by atoms with Crippen LogP contribution in [0.15, 0.2) is 0 Å². The Balaban J connectivity index is 2.18. The van der Waals surface area contributed by atoms with Crippen LogP contribution in [0.1, 0.15) is 33.1 Å². The fourth-order valence-corrected chi connectivity index (χ4v) is 2.98. The van der Waals surface area contributed by atoms with Crippen molar-refractivity contribution in [3.8, 4) is 0 Å². The molecule has 1 heteroatoms. The van der Waals surface area contributed by atoms with Gasteiger partial charge in [0.05, 0.1) is 0 Å². The Kier molecular flexibility index (Phi) is 1.55. The van der Waals surface area contributed by atoms with Gasteiger partial charge in [0.1, 0.15) is 5.78 Å². The zero-order chi connectivity index (χ0) is 8.01. The first kappa shape index (κ1) is 7.33. The molecule has 1 unspecified atom stereocenters. The third-order valence-corrected chi connectivity index (χ3v) is 3.43. The quantitative estimate of drug-likeness (QED) is 0.563. The first-order chi connectivity index (χ1) is 5.20. The average Bonchev–Trinajstić information content (AvgIpc) is 2.44. The molecule has 2 rings (SSSR count). The first-order valence-electron chi connectivity index (χ1n) is 4.74. The van der Waals surface area contributed by atoms with Crippen molar-refractivity contribution >= 4 is 5.78 Å². The first-order valence-corrected chi connectivity index (χ1v) is 4.74. The zero-order valence-electron chi connectivity index (χ0n) is 7.34. The Labute approximate surface area is 68.2 Å². The Morgan fingerprint density at radius 1 is 1.36 bits per heavy atom. The van der Waals surface area contributed by atoms with Gasteiger partial charge in [-0.25, -0.2) is 0 Å². The fraction of sp³-hybridized carbons (Fsp3) is 0.900. The largest absolute Gasteiger partial charge is 0.299 e. The van der Waals surface area contributed by atoms with Crippen LogP contribution in [0, 0.1) is 23.7 Å². The van der Waals surface area contributed by atoms with Crippen LogP contribution in [0.25, 0.3) is 0 Å². The van der Waals surface area contributed by atoms with Crippen LogP contribution in [0.5, 0.6) is 0 Å². The summed E-state index contributed by atoms with van der Waals surface area (Å²) in [6, 6.07) is 0. The Bertz CT molecular complexity index is 183. The maximum absolute atomic E-state index is 11.6. The number of carbonyl (C=O) groups is 1. The number of ketones is 1. The highest BCUT2D eigenvalue weighted by Crippen LogP contribution is 2.48. The minimum absolute atomic E-state index is 0.425. The molecule has 0 spiro atoms. The van der Waals surface area contributed by atoms with E-state index >= 15 is 0 Å². The normalized spacial score (nSPS) is 42.5. The van der Waals surface area contributed by atoms with Crippen molar-refractivity contribution in [2.45, 2.75) is 33.1 Å². The number of hydrogen-bond acceptors (Lipinski definition) is 1.